The highest BCUT2D eigenvalue weighted by Gasteiger charge is 2.22. The van der Waals surface area contributed by atoms with E-state index in [0.717, 1.165) is 23.3 Å². The summed E-state index contributed by atoms with van der Waals surface area (Å²) in [6.45, 7) is 0. The van der Waals surface area contributed by atoms with Gasteiger partial charge in [0.15, 0.2) is 0 Å². The van der Waals surface area contributed by atoms with Gasteiger partial charge in [-0.1, -0.05) is 12.1 Å². The van der Waals surface area contributed by atoms with Gasteiger partial charge in [0.05, 0.1) is 10.8 Å². The first-order valence-electron chi connectivity index (χ1n) is 4.41. The average molecular weight is 195 g/mol. The smallest absolute Gasteiger partial charge is 0.0501 e. The molecule has 2 N–H and O–H groups in total. The van der Waals surface area contributed by atoms with Crippen molar-refractivity contribution in [3.8, 4) is 0 Å². The molecule has 3 heteroatoms. The summed E-state index contributed by atoms with van der Waals surface area (Å²) in [4.78, 5) is 0.919. The second kappa shape index (κ2) is 3.24. The first-order valence-corrected chi connectivity index (χ1v) is 5.96. The van der Waals surface area contributed by atoms with Crippen molar-refractivity contribution in [1.29, 1.82) is 0 Å². The predicted octanol–water partition coefficient (Wildman–Crippen LogP) is 1.37. The van der Waals surface area contributed by atoms with Crippen LogP contribution in [-0.4, -0.2) is 10.5 Å². The molecule has 1 aliphatic carbocycles. The Kier molecular flexibility index (Phi) is 2.22. The maximum absolute atomic E-state index is 11.4. The Hall–Kier alpha value is -0.670. The third-order valence-electron chi connectivity index (χ3n) is 2.56. The summed E-state index contributed by atoms with van der Waals surface area (Å²) < 4.78 is 11.4. The van der Waals surface area contributed by atoms with Crippen molar-refractivity contribution in [2.24, 2.45) is 5.73 Å². The second-order valence-corrected chi connectivity index (χ2v) is 4.78. The van der Waals surface area contributed by atoms with E-state index in [0.29, 0.717) is 0 Å². The van der Waals surface area contributed by atoms with Gasteiger partial charge in [-0.05, 0) is 30.0 Å². The molecule has 0 amide bonds. The number of hydrogen-bond acceptors (Lipinski definition) is 2. The molecule has 1 aliphatic rings. The third-order valence-corrected chi connectivity index (χ3v) is 3.54. The summed E-state index contributed by atoms with van der Waals surface area (Å²) in [6, 6.07) is 6.06. The summed E-state index contributed by atoms with van der Waals surface area (Å²) >= 11 is 0. The summed E-state index contributed by atoms with van der Waals surface area (Å²) in [6.07, 6.45) is 3.73. The van der Waals surface area contributed by atoms with Crippen LogP contribution < -0.4 is 5.73 Å². The molecule has 0 aliphatic heterocycles. The molecule has 13 heavy (non-hydrogen) atoms. The van der Waals surface area contributed by atoms with Gasteiger partial charge in [-0.3, -0.25) is 4.21 Å². The van der Waals surface area contributed by atoms with E-state index in [4.69, 9.17) is 5.73 Å². The van der Waals surface area contributed by atoms with Crippen LogP contribution in [0.25, 0.3) is 0 Å². The van der Waals surface area contributed by atoms with Crippen molar-refractivity contribution >= 4 is 10.8 Å². The lowest BCUT2D eigenvalue weighted by molar-refractivity contribution is 0.678. The van der Waals surface area contributed by atoms with Crippen molar-refractivity contribution in [3.63, 3.8) is 0 Å². The monoisotopic (exact) mass is 195 g/mol. The Bertz CT molecular complexity index is 362. The summed E-state index contributed by atoms with van der Waals surface area (Å²) in [5.41, 5.74) is 8.36. The van der Waals surface area contributed by atoms with Crippen molar-refractivity contribution in [2.75, 3.05) is 6.26 Å². The minimum absolute atomic E-state index is 0.0927. The molecule has 0 radical (unpaired) electrons. The SMILES string of the molecule is CS(=O)c1cccc2c1[C@H](N)CC2. The Balaban J connectivity index is 2.60. The lowest BCUT2D eigenvalue weighted by Crippen LogP contribution is -2.08. The van der Waals surface area contributed by atoms with Crippen molar-refractivity contribution in [2.45, 2.75) is 23.8 Å². The van der Waals surface area contributed by atoms with Gasteiger partial charge >= 0.3 is 0 Å². The molecule has 2 atom stereocenters. The molecule has 70 valence electrons. The molecule has 0 spiro atoms. The maximum atomic E-state index is 11.4. The van der Waals surface area contributed by atoms with E-state index in [9.17, 15) is 4.21 Å². The van der Waals surface area contributed by atoms with Crippen LogP contribution in [0.1, 0.15) is 23.6 Å². The fourth-order valence-electron chi connectivity index (χ4n) is 1.93. The van der Waals surface area contributed by atoms with Crippen LogP contribution in [0.4, 0.5) is 0 Å². The van der Waals surface area contributed by atoms with Crippen molar-refractivity contribution in [1.82, 2.24) is 0 Å². The lowest BCUT2D eigenvalue weighted by atomic mass is 10.1. The molecule has 2 rings (SSSR count). The van der Waals surface area contributed by atoms with Crippen LogP contribution >= 0.6 is 0 Å². The van der Waals surface area contributed by atoms with Crippen LogP contribution in [0, 0.1) is 0 Å². The number of benzene rings is 1. The Morgan fingerprint density at radius 1 is 1.54 bits per heavy atom. The molecule has 2 nitrogen and oxygen atoms in total. The minimum Gasteiger partial charge on any atom is -0.324 e. The van der Waals surface area contributed by atoms with Crippen LogP contribution in [0.15, 0.2) is 23.1 Å². The molecule has 1 aromatic rings. The highest BCUT2D eigenvalue weighted by Crippen LogP contribution is 2.33. The van der Waals surface area contributed by atoms with Crippen LogP contribution in [0.2, 0.25) is 0 Å². The normalized spacial score (nSPS) is 22.8. The van der Waals surface area contributed by atoms with E-state index in [1.54, 1.807) is 6.26 Å². The molecule has 0 aromatic heterocycles. The van der Waals surface area contributed by atoms with Gasteiger partial charge < -0.3 is 5.73 Å². The summed E-state index contributed by atoms with van der Waals surface area (Å²) in [5.74, 6) is 0. The summed E-state index contributed by atoms with van der Waals surface area (Å²) in [5, 5.41) is 0. The molecule has 1 unspecified atom stereocenters. The quantitative estimate of drug-likeness (QED) is 0.735. The van der Waals surface area contributed by atoms with E-state index in [2.05, 4.69) is 6.07 Å². The standard InChI is InChI=1S/C10H13NOS/c1-13(12)9-4-2-3-7-5-6-8(11)10(7)9/h2-4,8H,5-6,11H2,1H3/t8-,13?/m1/s1. The van der Waals surface area contributed by atoms with E-state index >= 15 is 0 Å². The topological polar surface area (TPSA) is 43.1 Å². The molecule has 0 fully saturated rings. The molecule has 0 saturated carbocycles. The average Bonchev–Trinajstić information content (AvgIpc) is 2.48. The first-order chi connectivity index (χ1) is 6.20. The Morgan fingerprint density at radius 2 is 2.31 bits per heavy atom. The second-order valence-electron chi connectivity index (χ2n) is 3.43. The zero-order valence-electron chi connectivity index (χ0n) is 7.62. The molecule has 1 aromatic carbocycles. The van der Waals surface area contributed by atoms with Crippen LogP contribution in [-0.2, 0) is 17.2 Å². The Morgan fingerprint density at radius 3 is 3.00 bits per heavy atom. The number of hydrogen-bond donors (Lipinski definition) is 1. The predicted molar refractivity (Wildman–Crippen MR) is 54.0 cm³/mol. The molecule has 0 bridgehead atoms. The zero-order chi connectivity index (χ0) is 9.42. The first kappa shape index (κ1) is 8.91. The highest BCUT2D eigenvalue weighted by atomic mass is 32.2. The number of rotatable bonds is 1. The molecule has 0 saturated heterocycles. The zero-order valence-corrected chi connectivity index (χ0v) is 8.43. The van der Waals surface area contributed by atoms with E-state index in [1.807, 2.05) is 12.1 Å². The van der Waals surface area contributed by atoms with Crippen molar-refractivity contribution in [3.05, 3.63) is 29.3 Å². The number of fused-ring (bicyclic) bond motifs is 1. The fourth-order valence-corrected chi connectivity index (χ4v) is 2.80. The van der Waals surface area contributed by atoms with Crippen molar-refractivity contribution < 1.29 is 4.21 Å². The van der Waals surface area contributed by atoms with E-state index < -0.39 is 10.8 Å². The Labute approximate surface area is 80.6 Å². The fraction of sp³-hybridized carbons (Fsp3) is 0.400. The maximum Gasteiger partial charge on any atom is 0.0501 e. The van der Waals surface area contributed by atoms with Crippen LogP contribution in [0.5, 0.6) is 0 Å². The molecular formula is C10H13NOS. The van der Waals surface area contributed by atoms with Gasteiger partial charge in [-0.15, -0.1) is 0 Å². The number of aryl methyl sites for hydroxylation is 1. The van der Waals surface area contributed by atoms with E-state index in [1.165, 1.54) is 5.56 Å². The molecule has 0 heterocycles. The van der Waals surface area contributed by atoms with E-state index in [-0.39, 0.29) is 6.04 Å². The summed E-state index contributed by atoms with van der Waals surface area (Å²) in [7, 11) is -0.911. The van der Waals surface area contributed by atoms with Crippen LogP contribution in [0.3, 0.4) is 0 Å². The molecular weight excluding hydrogens is 182 g/mol. The lowest BCUT2D eigenvalue weighted by Gasteiger charge is -2.09. The highest BCUT2D eigenvalue weighted by molar-refractivity contribution is 7.84. The van der Waals surface area contributed by atoms with Gasteiger partial charge in [-0.2, -0.15) is 0 Å². The van der Waals surface area contributed by atoms with Gasteiger partial charge in [0.1, 0.15) is 0 Å². The van der Waals surface area contributed by atoms with Gasteiger partial charge in [-0.25, -0.2) is 0 Å². The van der Waals surface area contributed by atoms with Gasteiger partial charge in [0.2, 0.25) is 0 Å². The largest absolute Gasteiger partial charge is 0.324 e. The minimum atomic E-state index is -0.911. The van der Waals surface area contributed by atoms with Gasteiger partial charge in [0.25, 0.3) is 0 Å². The third kappa shape index (κ3) is 1.42. The van der Waals surface area contributed by atoms with Gasteiger partial charge in [0, 0.05) is 17.2 Å². The number of nitrogens with two attached hydrogens (primary N) is 1.